The largest absolute Gasteiger partial charge is 0.549 e. The van der Waals surface area contributed by atoms with Gasteiger partial charge in [0.15, 0.2) is 0 Å². The van der Waals surface area contributed by atoms with Gasteiger partial charge < -0.3 is 51.9 Å². The van der Waals surface area contributed by atoms with Gasteiger partial charge in [-0.05, 0) is 0 Å². The molecule has 0 radical (unpaired) electrons. The average molecular weight is 324 g/mol. The molecule has 12 heteroatoms. The Balaban J connectivity index is -0.00000180. The molecule has 0 spiro atoms. The average Bonchev–Trinajstić information content (AvgIpc) is 2.22. The van der Waals surface area contributed by atoms with E-state index >= 15 is 0 Å². The SMILES string of the molecule is O=C([O-])CN(CCN(CC(=O)[O-])CC(=O)[O-])CC(=O)[O-].[NH4+].[NH4+]. The van der Waals surface area contributed by atoms with Crippen molar-refractivity contribution in [2.24, 2.45) is 0 Å². The van der Waals surface area contributed by atoms with E-state index in [1.54, 1.807) is 0 Å². The molecule has 0 aliphatic heterocycles. The highest BCUT2D eigenvalue weighted by Crippen LogP contribution is 1.92. The Kier molecular flexibility index (Phi) is 14.0. The first-order valence-corrected chi connectivity index (χ1v) is 5.44. The van der Waals surface area contributed by atoms with Gasteiger partial charge in [0.2, 0.25) is 0 Å². The standard InChI is InChI=1S/C10H16N2O8.2H3N/c13-7(14)3-11(4-8(15)16)1-2-12(5-9(17)18)6-10(19)20;;/h1-6H2,(H,13,14)(H,15,16)(H,17,18)(H,19,20);2*1H3/p-2. The lowest BCUT2D eigenvalue weighted by Gasteiger charge is -2.28. The van der Waals surface area contributed by atoms with Crippen molar-refractivity contribution in [1.29, 1.82) is 0 Å². The summed E-state index contributed by atoms with van der Waals surface area (Å²) in [5, 5.41) is 41.6. The van der Waals surface area contributed by atoms with Crippen LogP contribution in [0.3, 0.4) is 0 Å². The Labute approximate surface area is 126 Å². The number of nitrogens with zero attached hydrogens (tertiary/aromatic N) is 2. The molecular weight excluding hydrogens is 304 g/mol. The van der Waals surface area contributed by atoms with E-state index in [2.05, 4.69) is 0 Å². The van der Waals surface area contributed by atoms with Crippen molar-refractivity contribution in [1.82, 2.24) is 22.1 Å². The van der Waals surface area contributed by atoms with Gasteiger partial charge in [-0.2, -0.15) is 0 Å². The summed E-state index contributed by atoms with van der Waals surface area (Å²) in [5.41, 5.74) is 0. The fraction of sp³-hybridized carbons (Fsp3) is 0.600. The van der Waals surface area contributed by atoms with E-state index in [0.717, 1.165) is 9.80 Å². The zero-order chi connectivity index (χ0) is 15.7. The quantitative estimate of drug-likeness (QED) is 0.363. The van der Waals surface area contributed by atoms with E-state index in [9.17, 15) is 39.6 Å². The highest BCUT2D eigenvalue weighted by atomic mass is 16.4. The Bertz CT molecular complexity index is 321. The molecule has 0 heterocycles. The summed E-state index contributed by atoms with van der Waals surface area (Å²) in [7, 11) is 0. The summed E-state index contributed by atoms with van der Waals surface area (Å²) < 4.78 is 0. The first kappa shape index (κ1) is 24.7. The second-order valence-electron chi connectivity index (χ2n) is 3.91. The molecule has 0 fully saturated rings. The van der Waals surface area contributed by atoms with Gasteiger partial charge in [-0.1, -0.05) is 0 Å². The van der Waals surface area contributed by atoms with Gasteiger partial charge in [0.1, 0.15) is 0 Å². The number of quaternary nitrogens is 2. The van der Waals surface area contributed by atoms with Crippen LogP contribution in [0.5, 0.6) is 0 Å². The molecule has 22 heavy (non-hydrogen) atoms. The number of hydrogen-bond acceptors (Lipinski definition) is 10. The molecule has 0 amide bonds. The summed E-state index contributed by atoms with van der Waals surface area (Å²) in [5.74, 6) is -6.12. The Hall–Kier alpha value is -2.28. The smallest absolute Gasteiger partial charge is 0.0555 e. The molecule has 0 rings (SSSR count). The van der Waals surface area contributed by atoms with Crippen molar-refractivity contribution in [2.75, 3.05) is 39.3 Å². The lowest BCUT2D eigenvalue weighted by molar-refractivity contribution is -0.314. The number of carboxylic acid groups (broad SMARTS) is 4. The first-order valence-electron chi connectivity index (χ1n) is 5.44. The summed E-state index contributed by atoms with van der Waals surface area (Å²) >= 11 is 0. The Morgan fingerprint density at radius 3 is 0.864 bits per heavy atom. The molecule has 0 aromatic heterocycles. The molecule has 0 aromatic rings. The fourth-order valence-corrected chi connectivity index (χ4v) is 1.44. The van der Waals surface area contributed by atoms with Gasteiger partial charge in [0, 0.05) is 39.3 Å². The summed E-state index contributed by atoms with van der Waals surface area (Å²) in [6, 6.07) is 0. The molecule has 0 bridgehead atoms. The number of carbonyl (C=O) groups excluding carboxylic acids is 4. The van der Waals surface area contributed by atoms with Crippen molar-refractivity contribution >= 4 is 23.9 Å². The van der Waals surface area contributed by atoms with Crippen molar-refractivity contribution in [3.8, 4) is 0 Å². The van der Waals surface area contributed by atoms with Crippen LogP contribution in [0.15, 0.2) is 0 Å². The number of rotatable bonds is 11. The highest BCUT2D eigenvalue weighted by molar-refractivity contribution is 5.71. The van der Waals surface area contributed by atoms with Crippen LogP contribution in [0.25, 0.3) is 0 Å². The summed E-state index contributed by atoms with van der Waals surface area (Å²) in [6.45, 7) is -3.25. The van der Waals surface area contributed by atoms with E-state index < -0.39 is 50.1 Å². The number of carboxylic acids is 4. The van der Waals surface area contributed by atoms with Crippen LogP contribution < -0.4 is 32.7 Å². The van der Waals surface area contributed by atoms with Crippen LogP contribution in [0, 0.1) is 0 Å². The van der Waals surface area contributed by atoms with Crippen molar-refractivity contribution < 1.29 is 39.6 Å². The normalized spacial score (nSPS) is 9.73. The zero-order valence-electron chi connectivity index (χ0n) is 12.4. The van der Waals surface area contributed by atoms with Crippen LogP contribution in [0.1, 0.15) is 0 Å². The van der Waals surface area contributed by atoms with Crippen LogP contribution >= 0.6 is 0 Å². The molecule has 0 saturated heterocycles. The van der Waals surface area contributed by atoms with Crippen LogP contribution in [-0.4, -0.2) is 72.9 Å². The van der Waals surface area contributed by atoms with Crippen LogP contribution in [0.4, 0.5) is 0 Å². The third-order valence-corrected chi connectivity index (χ3v) is 2.14. The molecular formula is C10H20N4O8-2. The third kappa shape index (κ3) is 14.1. The summed E-state index contributed by atoms with van der Waals surface area (Å²) in [6.07, 6.45) is 0. The Morgan fingerprint density at radius 1 is 0.545 bits per heavy atom. The molecule has 130 valence electrons. The minimum absolute atomic E-state index is 0. The van der Waals surface area contributed by atoms with Gasteiger partial charge in [-0.15, -0.1) is 0 Å². The molecule has 0 atom stereocenters. The number of hydrogen-bond donors (Lipinski definition) is 2. The second-order valence-corrected chi connectivity index (χ2v) is 3.91. The van der Waals surface area contributed by atoms with Crippen molar-refractivity contribution in [3.63, 3.8) is 0 Å². The van der Waals surface area contributed by atoms with Crippen LogP contribution in [0.2, 0.25) is 0 Å². The molecule has 0 saturated carbocycles. The minimum Gasteiger partial charge on any atom is -0.549 e. The van der Waals surface area contributed by atoms with Gasteiger partial charge in [0.05, 0.1) is 23.9 Å². The molecule has 8 N–H and O–H groups in total. The van der Waals surface area contributed by atoms with Crippen LogP contribution in [-0.2, 0) is 19.2 Å². The lowest BCUT2D eigenvalue weighted by atomic mass is 10.4. The molecule has 0 aliphatic rings. The zero-order valence-corrected chi connectivity index (χ0v) is 12.4. The summed E-state index contributed by atoms with van der Waals surface area (Å²) in [4.78, 5) is 43.4. The highest BCUT2D eigenvalue weighted by Gasteiger charge is 2.10. The topological polar surface area (TPSA) is 240 Å². The van der Waals surface area contributed by atoms with E-state index in [1.165, 1.54) is 0 Å². The Morgan fingerprint density at radius 2 is 0.727 bits per heavy atom. The monoisotopic (exact) mass is 324 g/mol. The van der Waals surface area contributed by atoms with Gasteiger partial charge in [-0.3, -0.25) is 9.80 Å². The van der Waals surface area contributed by atoms with E-state index in [0.29, 0.717) is 0 Å². The predicted octanol–water partition coefficient (Wildman–Crippen LogP) is -6.66. The first-order chi connectivity index (χ1) is 9.20. The molecule has 0 unspecified atom stereocenters. The minimum atomic E-state index is -1.53. The fourth-order valence-electron chi connectivity index (χ4n) is 1.44. The molecule has 12 nitrogen and oxygen atoms in total. The third-order valence-electron chi connectivity index (χ3n) is 2.14. The van der Waals surface area contributed by atoms with Crippen molar-refractivity contribution in [2.45, 2.75) is 0 Å². The lowest BCUT2D eigenvalue weighted by Crippen LogP contribution is -2.50. The van der Waals surface area contributed by atoms with Gasteiger partial charge >= 0.3 is 0 Å². The van der Waals surface area contributed by atoms with E-state index in [1.807, 2.05) is 0 Å². The molecule has 0 aliphatic carbocycles. The second kappa shape index (κ2) is 12.5. The van der Waals surface area contributed by atoms with Gasteiger partial charge in [-0.25, -0.2) is 0 Å². The number of carbonyl (C=O) groups is 4. The molecule has 0 aromatic carbocycles. The predicted molar refractivity (Wildman–Crippen MR) is 64.9 cm³/mol. The van der Waals surface area contributed by atoms with Crippen molar-refractivity contribution in [3.05, 3.63) is 0 Å². The number of aliphatic carboxylic acids is 4. The maximum atomic E-state index is 10.4. The van der Waals surface area contributed by atoms with E-state index in [-0.39, 0.29) is 25.4 Å². The maximum absolute atomic E-state index is 10.4. The maximum Gasteiger partial charge on any atom is 0.0555 e. The van der Waals surface area contributed by atoms with Gasteiger partial charge in [0.25, 0.3) is 0 Å². The van der Waals surface area contributed by atoms with E-state index in [4.69, 9.17) is 0 Å².